The van der Waals surface area contributed by atoms with Gasteiger partial charge in [-0.15, -0.1) is 0 Å². The molecule has 326 valence electrons. The fraction of sp³-hybridized carbons (Fsp3) is 0.245. The number of pyridine rings is 2. The largest absolute Gasteiger partial charge is 0.379 e. The Kier molecular flexibility index (Phi) is 11.2. The molecule has 0 atom stereocenters. The molecular weight excluding hydrogens is 813 g/mol. The topological polar surface area (TPSA) is 140 Å². The molecule has 65 heavy (non-hydrogen) atoms. The zero-order valence-corrected chi connectivity index (χ0v) is 36.2. The average molecular weight is 863 g/mol. The number of rotatable bonds is 9. The van der Waals surface area contributed by atoms with Gasteiger partial charge >= 0.3 is 0 Å². The van der Waals surface area contributed by atoms with Gasteiger partial charge in [-0.25, -0.2) is 0 Å². The van der Waals surface area contributed by atoms with Crippen molar-refractivity contribution in [3.05, 3.63) is 153 Å². The van der Waals surface area contributed by atoms with E-state index in [1.54, 1.807) is 0 Å². The first-order valence-electron chi connectivity index (χ1n) is 22.6. The normalized spacial score (nSPS) is 16.7. The van der Waals surface area contributed by atoms with E-state index in [1.165, 1.54) is 16.7 Å². The Bertz CT molecular complexity index is 3150. The molecule has 12 heteroatoms. The maximum atomic E-state index is 12.2. The molecule has 8 aromatic rings. The standard InChI is InChI=1S/C27H26N4O2.C26H24N4O2/c32-27-25-22-7-5-20-16-28-21(15-23(20)26(22)30-24(25)17-29-27)6-4-18-2-1-3-19(14-18)8-9-31-10-12-33-13-11-31;31-26-24-21-8-6-19-14-27-20(13-22(19)25(21)29-23(24)15-28-26)7-5-17-1-3-18(4-2-17)16-30-9-11-32-12-10-30/h1-7,14-16,30H,8-13,17H2,(H,29,32);1-8,13-14,29H,9-12,15-16H2,(H,28,31)/b6-4+;7-5+. The van der Waals surface area contributed by atoms with Crippen molar-refractivity contribution in [2.24, 2.45) is 0 Å². The first kappa shape index (κ1) is 40.8. The quantitative estimate of drug-likeness (QED) is 0.115. The summed E-state index contributed by atoms with van der Waals surface area (Å²) >= 11 is 0. The number of morpholine rings is 2. The minimum absolute atomic E-state index is 0.00160. The maximum Gasteiger partial charge on any atom is 0.254 e. The summed E-state index contributed by atoms with van der Waals surface area (Å²) in [4.78, 5) is 45.4. The molecule has 4 aromatic carbocycles. The number of benzene rings is 4. The minimum atomic E-state index is -0.00292. The van der Waals surface area contributed by atoms with Crippen molar-refractivity contribution in [2.75, 3.05) is 59.2 Å². The summed E-state index contributed by atoms with van der Waals surface area (Å²) in [5, 5.41) is 12.0. The van der Waals surface area contributed by atoms with Crippen LogP contribution >= 0.6 is 0 Å². The van der Waals surface area contributed by atoms with Crippen molar-refractivity contribution in [1.29, 1.82) is 0 Å². The highest BCUT2D eigenvalue weighted by atomic mass is 16.5. The number of amides is 2. The third-order valence-electron chi connectivity index (χ3n) is 13.0. The zero-order valence-electron chi connectivity index (χ0n) is 36.2. The lowest BCUT2D eigenvalue weighted by Crippen LogP contribution is -2.37. The Hall–Kier alpha value is -6.96. The molecule has 0 unspecified atom stereocenters. The highest BCUT2D eigenvalue weighted by Gasteiger charge is 2.26. The van der Waals surface area contributed by atoms with Crippen LogP contribution in [-0.4, -0.2) is 101 Å². The van der Waals surface area contributed by atoms with E-state index in [0.717, 1.165) is 155 Å². The van der Waals surface area contributed by atoms with Gasteiger partial charge in [0.15, 0.2) is 0 Å². The molecule has 12 nitrogen and oxygen atoms in total. The van der Waals surface area contributed by atoms with Crippen molar-refractivity contribution >= 4 is 79.5 Å². The third-order valence-corrected chi connectivity index (χ3v) is 13.0. The first-order valence-corrected chi connectivity index (χ1v) is 22.6. The summed E-state index contributed by atoms with van der Waals surface area (Å²) in [6.07, 6.45) is 13.1. The third kappa shape index (κ3) is 8.56. The van der Waals surface area contributed by atoms with Crippen LogP contribution in [0, 0.1) is 0 Å². The highest BCUT2D eigenvalue weighted by Crippen LogP contribution is 2.33. The number of hydrogen-bond donors (Lipinski definition) is 4. The van der Waals surface area contributed by atoms with Crippen LogP contribution < -0.4 is 10.6 Å². The summed E-state index contributed by atoms with van der Waals surface area (Å²) in [7, 11) is 0. The summed E-state index contributed by atoms with van der Waals surface area (Å²) in [6, 6.07) is 29.7. The van der Waals surface area contributed by atoms with Gasteiger partial charge in [0.05, 0.1) is 73.1 Å². The maximum absolute atomic E-state index is 12.2. The summed E-state index contributed by atoms with van der Waals surface area (Å²) in [5.74, 6) is -0.00452. The van der Waals surface area contributed by atoms with Gasteiger partial charge in [-0.1, -0.05) is 84.9 Å². The molecule has 4 N–H and O–H groups in total. The molecule has 4 aliphatic heterocycles. The van der Waals surface area contributed by atoms with Crippen molar-refractivity contribution in [2.45, 2.75) is 26.1 Å². The van der Waals surface area contributed by atoms with Crippen LogP contribution in [0.25, 0.3) is 67.7 Å². The SMILES string of the molecule is O=C1NCc2[nH]c3c(ccc4cnc(/C=C/c5ccc(CN6CCOCC6)cc5)cc43)c21.O=C1NCc2[nH]c3c(ccc4cnc(/C=C/c5cccc(CCN6CCOCC6)c5)cc43)c21. The fourth-order valence-corrected chi connectivity index (χ4v) is 9.46. The molecule has 2 amide bonds. The Balaban J connectivity index is 0.000000144. The minimum Gasteiger partial charge on any atom is -0.379 e. The van der Waals surface area contributed by atoms with Gasteiger partial charge < -0.3 is 30.1 Å². The van der Waals surface area contributed by atoms with Gasteiger partial charge in [-0.3, -0.25) is 29.4 Å². The second kappa shape index (κ2) is 17.9. The van der Waals surface area contributed by atoms with Crippen LogP contribution in [0.15, 0.2) is 97.3 Å². The number of ether oxygens (including phenoxy) is 2. The van der Waals surface area contributed by atoms with E-state index in [1.807, 2.05) is 42.7 Å². The van der Waals surface area contributed by atoms with Crippen molar-refractivity contribution in [3.63, 3.8) is 0 Å². The molecule has 2 fully saturated rings. The van der Waals surface area contributed by atoms with Crippen LogP contribution in [0.1, 0.15) is 65.7 Å². The van der Waals surface area contributed by atoms with Crippen LogP contribution in [-0.2, 0) is 35.5 Å². The average Bonchev–Trinajstić information content (AvgIpc) is 4.13. The van der Waals surface area contributed by atoms with Crippen molar-refractivity contribution in [1.82, 2.24) is 40.4 Å². The van der Waals surface area contributed by atoms with Gasteiger partial charge in [-0.05, 0) is 53.0 Å². The Labute approximate surface area is 376 Å². The van der Waals surface area contributed by atoms with E-state index in [-0.39, 0.29) is 11.8 Å². The van der Waals surface area contributed by atoms with Crippen LogP contribution in [0.5, 0.6) is 0 Å². The van der Waals surface area contributed by atoms with E-state index in [2.05, 4.69) is 119 Å². The Morgan fingerprint density at radius 2 is 1.11 bits per heavy atom. The van der Waals surface area contributed by atoms with Gasteiger partial charge in [0, 0.05) is 95.4 Å². The second-order valence-electron chi connectivity index (χ2n) is 17.2. The summed E-state index contributed by atoms with van der Waals surface area (Å²) in [5.41, 5.74) is 12.2. The number of H-pyrrole nitrogens is 2. The number of aromatic nitrogens is 4. The van der Waals surface area contributed by atoms with Crippen LogP contribution in [0.3, 0.4) is 0 Å². The van der Waals surface area contributed by atoms with Crippen molar-refractivity contribution < 1.29 is 19.1 Å². The van der Waals surface area contributed by atoms with Gasteiger partial charge in [0.25, 0.3) is 11.8 Å². The molecule has 0 saturated carbocycles. The second-order valence-corrected chi connectivity index (χ2v) is 17.2. The lowest BCUT2D eigenvalue weighted by atomic mass is 10.0. The van der Waals surface area contributed by atoms with Crippen LogP contribution in [0.2, 0.25) is 0 Å². The number of aromatic amines is 2. The molecule has 0 spiro atoms. The molecule has 4 aliphatic rings. The molecule has 2 saturated heterocycles. The van der Waals surface area contributed by atoms with Crippen LogP contribution in [0.4, 0.5) is 0 Å². The van der Waals surface area contributed by atoms with E-state index in [9.17, 15) is 9.59 Å². The number of fused-ring (bicyclic) bond motifs is 10. The van der Waals surface area contributed by atoms with E-state index < -0.39 is 0 Å². The van der Waals surface area contributed by atoms with Gasteiger partial charge in [0.2, 0.25) is 0 Å². The monoisotopic (exact) mass is 862 g/mol. The van der Waals surface area contributed by atoms with E-state index in [4.69, 9.17) is 9.47 Å². The van der Waals surface area contributed by atoms with Gasteiger partial charge in [0.1, 0.15) is 0 Å². The molecule has 0 bridgehead atoms. The summed E-state index contributed by atoms with van der Waals surface area (Å²) in [6.45, 7) is 10.5. The predicted octanol–water partition coefficient (Wildman–Crippen LogP) is 7.97. The molecular formula is C53H50N8O4. The number of nitrogens with one attached hydrogen (secondary N) is 4. The smallest absolute Gasteiger partial charge is 0.254 e. The number of hydrogen-bond acceptors (Lipinski definition) is 8. The van der Waals surface area contributed by atoms with Crippen molar-refractivity contribution in [3.8, 4) is 0 Å². The van der Waals surface area contributed by atoms with E-state index in [0.29, 0.717) is 13.1 Å². The number of carbonyl (C=O) groups is 2. The lowest BCUT2D eigenvalue weighted by molar-refractivity contribution is 0.0342. The molecule has 12 rings (SSSR count). The zero-order chi connectivity index (χ0) is 43.7. The van der Waals surface area contributed by atoms with Gasteiger partial charge in [-0.2, -0.15) is 0 Å². The Morgan fingerprint density at radius 1 is 0.554 bits per heavy atom. The molecule has 4 aromatic heterocycles. The predicted molar refractivity (Wildman–Crippen MR) is 257 cm³/mol. The fourth-order valence-electron chi connectivity index (χ4n) is 9.46. The summed E-state index contributed by atoms with van der Waals surface area (Å²) < 4.78 is 10.9. The Morgan fingerprint density at radius 3 is 1.69 bits per heavy atom. The first-order chi connectivity index (χ1) is 32.0. The van der Waals surface area contributed by atoms with E-state index >= 15 is 0 Å². The number of carbonyl (C=O) groups excluding carboxylic acids is 2. The highest BCUT2D eigenvalue weighted by molar-refractivity contribution is 6.17. The molecule has 0 aliphatic carbocycles. The molecule has 8 heterocycles. The molecule has 0 radical (unpaired) electrons. The lowest BCUT2D eigenvalue weighted by Gasteiger charge is -2.26. The number of nitrogens with zero attached hydrogens (tertiary/aromatic N) is 4.